The highest BCUT2D eigenvalue weighted by Gasteiger charge is 2.15. The Morgan fingerprint density at radius 1 is 1.75 bits per heavy atom. The van der Waals surface area contributed by atoms with E-state index in [9.17, 15) is 4.79 Å². The molecule has 1 rings (SSSR count). The summed E-state index contributed by atoms with van der Waals surface area (Å²) in [6.07, 6.45) is 0. The molecule has 0 amide bonds. The van der Waals surface area contributed by atoms with E-state index in [-0.39, 0.29) is 16.5 Å². The number of halogens is 1. The molecule has 1 atom stereocenters. The summed E-state index contributed by atoms with van der Waals surface area (Å²) < 4.78 is 1.61. The van der Waals surface area contributed by atoms with Crippen molar-refractivity contribution in [3.05, 3.63) is 21.1 Å². The minimum atomic E-state index is -0.255. The average molecular weight is 190 g/mol. The molecule has 12 heavy (non-hydrogen) atoms. The molecule has 1 aromatic heterocycles. The Labute approximate surface area is 75.3 Å². The van der Waals surface area contributed by atoms with Crippen molar-refractivity contribution in [1.82, 2.24) is 9.78 Å². The standard InChI is InChI=1S/C7H12ClN3O/c1-4(3-9)6-5(8)7(12)10-11(6)2/h4H,3,9H2,1-2H3,(H,10,12). The van der Waals surface area contributed by atoms with Crippen molar-refractivity contribution < 1.29 is 0 Å². The monoisotopic (exact) mass is 189 g/mol. The van der Waals surface area contributed by atoms with Gasteiger partial charge in [-0.2, -0.15) is 0 Å². The second-order valence-electron chi connectivity index (χ2n) is 2.84. The van der Waals surface area contributed by atoms with E-state index in [1.54, 1.807) is 11.7 Å². The average Bonchev–Trinajstić information content (AvgIpc) is 2.26. The minimum Gasteiger partial charge on any atom is -0.330 e. The first-order chi connectivity index (χ1) is 5.57. The fourth-order valence-corrected chi connectivity index (χ4v) is 1.54. The van der Waals surface area contributed by atoms with E-state index in [2.05, 4.69) is 5.10 Å². The number of hydrogen-bond donors (Lipinski definition) is 2. The summed E-state index contributed by atoms with van der Waals surface area (Å²) >= 11 is 5.77. The minimum absolute atomic E-state index is 0.0986. The summed E-state index contributed by atoms with van der Waals surface area (Å²) in [6.45, 7) is 2.40. The van der Waals surface area contributed by atoms with Crippen molar-refractivity contribution in [3.8, 4) is 0 Å². The Hall–Kier alpha value is -0.740. The van der Waals surface area contributed by atoms with Gasteiger partial charge in [0.05, 0.1) is 5.69 Å². The molecule has 0 spiro atoms. The lowest BCUT2D eigenvalue weighted by atomic mass is 10.1. The van der Waals surface area contributed by atoms with Crippen LogP contribution < -0.4 is 11.3 Å². The number of hydrogen-bond acceptors (Lipinski definition) is 2. The molecule has 1 unspecified atom stereocenters. The van der Waals surface area contributed by atoms with Crippen LogP contribution in [0.25, 0.3) is 0 Å². The second kappa shape index (κ2) is 3.33. The zero-order chi connectivity index (χ0) is 9.30. The van der Waals surface area contributed by atoms with Gasteiger partial charge in [-0.15, -0.1) is 0 Å². The molecule has 0 aliphatic rings. The fourth-order valence-electron chi connectivity index (χ4n) is 1.18. The topological polar surface area (TPSA) is 63.8 Å². The Morgan fingerprint density at radius 2 is 2.33 bits per heavy atom. The number of nitrogens with two attached hydrogens (primary N) is 1. The normalized spacial score (nSPS) is 13.3. The van der Waals surface area contributed by atoms with Crippen molar-refractivity contribution in [2.24, 2.45) is 12.8 Å². The Balaban J connectivity index is 3.22. The smallest absolute Gasteiger partial charge is 0.283 e. The maximum absolute atomic E-state index is 11.0. The van der Waals surface area contributed by atoms with Crippen molar-refractivity contribution in [3.63, 3.8) is 0 Å². The summed E-state index contributed by atoms with van der Waals surface area (Å²) in [6, 6.07) is 0. The third kappa shape index (κ3) is 1.40. The van der Waals surface area contributed by atoms with E-state index < -0.39 is 0 Å². The van der Waals surface area contributed by atoms with Gasteiger partial charge in [-0.25, -0.2) is 0 Å². The highest BCUT2D eigenvalue weighted by Crippen LogP contribution is 2.18. The number of H-pyrrole nitrogens is 1. The van der Waals surface area contributed by atoms with Gasteiger partial charge in [-0.05, 0) is 0 Å². The molecule has 1 heterocycles. The third-order valence-corrected chi connectivity index (χ3v) is 2.24. The summed E-state index contributed by atoms with van der Waals surface area (Å²) in [7, 11) is 1.74. The zero-order valence-corrected chi connectivity index (χ0v) is 7.85. The number of nitrogens with zero attached hydrogens (tertiary/aromatic N) is 1. The molecule has 0 aromatic carbocycles. The van der Waals surface area contributed by atoms with Gasteiger partial charge >= 0.3 is 0 Å². The van der Waals surface area contributed by atoms with E-state index in [1.807, 2.05) is 6.92 Å². The quantitative estimate of drug-likeness (QED) is 0.709. The van der Waals surface area contributed by atoms with E-state index in [4.69, 9.17) is 17.3 Å². The molecule has 4 nitrogen and oxygen atoms in total. The molecule has 0 fully saturated rings. The van der Waals surface area contributed by atoms with Crippen LogP contribution in [0.1, 0.15) is 18.5 Å². The summed E-state index contributed by atoms with van der Waals surface area (Å²) in [5.74, 6) is 0.0986. The fraction of sp³-hybridized carbons (Fsp3) is 0.571. The Bertz CT molecular complexity index is 328. The maximum Gasteiger partial charge on any atom is 0.283 e. The number of nitrogens with one attached hydrogen (secondary N) is 1. The number of aryl methyl sites for hydroxylation is 1. The van der Waals surface area contributed by atoms with E-state index in [0.29, 0.717) is 6.54 Å². The number of aromatic nitrogens is 2. The van der Waals surface area contributed by atoms with Gasteiger partial charge in [0.25, 0.3) is 5.56 Å². The van der Waals surface area contributed by atoms with Crippen LogP contribution in [-0.2, 0) is 7.05 Å². The van der Waals surface area contributed by atoms with Crippen molar-refractivity contribution in [1.29, 1.82) is 0 Å². The zero-order valence-electron chi connectivity index (χ0n) is 7.10. The van der Waals surface area contributed by atoms with Crippen LogP contribution >= 0.6 is 11.6 Å². The van der Waals surface area contributed by atoms with Gasteiger partial charge in [0.1, 0.15) is 5.02 Å². The predicted molar refractivity (Wildman–Crippen MR) is 48.5 cm³/mol. The Kier molecular flexibility index (Phi) is 2.59. The third-order valence-electron chi connectivity index (χ3n) is 1.88. The lowest BCUT2D eigenvalue weighted by Crippen LogP contribution is -2.13. The van der Waals surface area contributed by atoms with Crippen LogP contribution in [0.4, 0.5) is 0 Å². The molecule has 1 aromatic rings. The first-order valence-electron chi connectivity index (χ1n) is 3.72. The van der Waals surface area contributed by atoms with Crippen LogP contribution in [0.3, 0.4) is 0 Å². The molecular formula is C7H12ClN3O. The summed E-state index contributed by atoms with van der Waals surface area (Å²) in [5, 5.41) is 2.81. The van der Waals surface area contributed by atoms with E-state index in [0.717, 1.165) is 5.69 Å². The van der Waals surface area contributed by atoms with Crippen LogP contribution in [-0.4, -0.2) is 16.3 Å². The highest BCUT2D eigenvalue weighted by atomic mass is 35.5. The van der Waals surface area contributed by atoms with E-state index in [1.165, 1.54) is 0 Å². The maximum atomic E-state index is 11.0. The van der Waals surface area contributed by atoms with Crippen LogP contribution in [0.5, 0.6) is 0 Å². The van der Waals surface area contributed by atoms with Crippen molar-refractivity contribution >= 4 is 11.6 Å². The summed E-state index contributed by atoms with van der Waals surface area (Å²) in [5.41, 5.74) is 5.98. The molecule has 68 valence electrons. The van der Waals surface area contributed by atoms with Crippen LogP contribution in [0.2, 0.25) is 5.02 Å². The lowest BCUT2D eigenvalue weighted by molar-refractivity contribution is 0.641. The molecule has 0 aliphatic carbocycles. The Morgan fingerprint density at radius 3 is 2.67 bits per heavy atom. The molecule has 5 heteroatoms. The number of aromatic amines is 1. The SMILES string of the molecule is CC(CN)c1c(Cl)c(=O)[nH]n1C. The van der Waals surface area contributed by atoms with Gasteiger partial charge in [0, 0.05) is 19.5 Å². The first kappa shape index (κ1) is 9.35. The van der Waals surface area contributed by atoms with Gasteiger partial charge in [-0.3, -0.25) is 14.6 Å². The molecule has 3 N–H and O–H groups in total. The largest absolute Gasteiger partial charge is 0.330 e. The highest BCUT2D eigenvalue weighted by molar-refractivity contribution is 6.31. The molecule has 0 saturated heterocycles. The van der Waals surface area contributed by atoms with Crippen molar-refractivity contribution in [2.75, 3.05) is 6.54 Å². The molecule has 0 saturated carbocycles. The van der Waals surface area contributed by atoms with Crippen molar-refractivity contribution in [2.45, 2.75) is 12.8 Å². The van der Waals surface area contributed by atoms with Gasteiger partial charge in [-0.1, -0.05) is 18.5 Å². The lowest BCUT2D eigenvalue weighted by Gasteiger charge is -2.08. The second-order valence-corrected chi connectivity index (χ2v) is 3.21. The number of rotatable bonds is 2. The van der Waals surface area contributed by atoms with Gasteiger partial charge in [0.15, 0.2) is 0 Å². The van der Waals surface area contributed by atoms with Crippen LogP contribution in [0.15, 0.2) is 4.79 Å². The first-order valence-corrected chi connectivity index (χ1v) is 4.10. The summed E-state index contributed by atoms with van der Waals surface area (Å²) in [4.78, 5) is 11.0. The molecule has 0 bridgehead atoms. The predicted octanol–water partition coefficient (Wildman–Crippen LogP) is 0.429. The molecule has 0 aliphatic heterocycles. The van der Waals surface area contributed by atoms with Gasteiger partial charge < -0.3 is 5.73 Å². The van der Waals surface area contributed by atoms with Crippen LogP contribution in [0, 0.1) is 0 Å². The molecule has 0 radical (unpaired) electrons. The molecular weight excluding hydrogens is 178 g/mol. The van der Waals surface area contributed by atoms with Gasteiger partial charge in [0.2, 0.25) is 0 Å². The van der Waals surface area contributed by atoms with E-state index >= 15 is 0 Å².